The van der Waals surface area contributed by atoms with Gasteiger partial charge in [0.15, 0.2) is 0 Å². The van der Waals surface area contributed by atoms with Gasteiger partial charge in [-0.1, -0.05) is 13.8 Å². The van der Waals surface area contributed by atoms with E-state index in [1.54, 1.807) is 0 Å². The average molecular weight is 169 g/mol. The van der Waals surface area contributed by atoms with Gasteiger partial charge in [-0.25, -0.2) is 0 Å². The van der Waals surface area contributed by atoms with Crippen LogP contribution in [0.4, 0.5) is 0 Å². The zero-order valence-electron chi connectivity index (χ0n) is 8.68. The first-order chi connectivity index (χ1) is 5.68. The fourth-order valence-electron chi connectivity index (χ4n) is 0.879. The van der Waals surface area contributed by atoms with Crippen molar-refractivity contribution in [3.8, 4) is 0 Å². The molecule has 0 aliphatic rings. The van der Waals surface area contributed by atoms with Crippen molar-refractivity contribution in [1.82, 2.24) is 15.1 Å². The minimum Gasteiger partial charge on any atom is -0.304 e. The molecule has 12 heavy (non-hydrogen) atoms. The van der Waals surface area contributed by atoms with E-state index in [4.69, 9.17) is 0 Å². The number of hydrogen-bond donors (Lipinski definition) is 1. The maximum absolute atomic E-state index is 4.09. The van der Waals surface area contributed by atoms with Crippen molar-refractivity contribution in [2.75, 3.05) is 14.1 Å². The third kappa shape index (κ3) is 4.13. The molecule has 1 heterocycles. The molecule has 0 spiro atoms. The summed E-state index contributed by atoms with van der Waals surface area (Å²) in [6, 6.07) is 2.06. The highest BCUT2D eigenvalue weighted by Gasteiger charge is 1.97. The van der Waals surface area contributed by atoms with E-state index in [2.05, 4.69) is 21.2 Å². The van der Waals surface area contributed by atoms with Crippen molar-refractivity contribution in [3.05, 3.63) is 17.5 Å². The number of aryl methyl sites for hydroxylation is 1. The Morgan fingerprint density at radius 2 is 2.00 bits per heavy atom. The Balaban J connectivity index is 0.000000561. The number of rotatable bonds is 2. The van der Waals surface area contributed by atoms with Crippen molar-refractivity contribution >= 4 is 0 Å². The second-order valence-corrected chi connectivity index (χ2v) is 2.78. The predicted molar refractivity (Wildman–Crippen MR) is 52.1 cm³/mol. The molecule has 1 aromatic heterocycles. The van der Waals surface area contributed by atoms with E-state index in [1.807, 2.05) is 34.9 Å². The lowest BCUT2D eigenvalue weighted by Gasteiger charge is -2.04. The Bertz CT molecular complexity index is 203. The monoisotopic (exact) mass is 169 g/mol. The van der Waals surface area contributed by atoms with Crippen molar-refractivity contribution in [2.24, 2.45) is 0 Å². The predicted octanol–water partition coefficient (Wildman–Crippen LogP) is 1.81. The van der Waals surface area contributed by atoms with Gasteiger partial charge in [0.1, 0.15) is 0 Å². The zero-order chi connectivity index (χ0) is 9.56. The Labute approximate surface area is 74.8 Å². The first-order valence-electron chi connectivity index (χ1n) is 4.34. The van der Waals surface area contributed by atoms with Crippen LogP contribution >= 0.6 is 0 Å². The molecule has 1 N–H and O–H groups in total. The molecule has 1 aromatic rings. The van der Waals surface area contributed by atoms with Crippen LogP contribution in [0.5, 0.6) is 0 Å². The highest BCUT2D eigenvalue weighted by molar-refractivity contribution is 5.05. The Morgan fingerprint density at radius 3 is 2.33 bits per heavy atom. The highest BCUT2D eigenvalue weighted by atomic mass is 15.1. The normalized spacial score (nSPS) is 9.50. The number of aromatic amines is 1. The van der Waals surface area contributed by atoms with Crippen LogP contribution in [0, 0.1) is 6.92 Å². The molecule has 0 fully saturated rings. The third-order valence-electron chi connectivity index (χ3n) is 1.24. The Hall–Kier alpha value is -0.830. The van der Waals surface area contributed by atoms with Gasteiger partial charge < -0.3 is 4.90 Å². The van der Waals surface area contributed by atoms with Gasteiger partial charge in [0.2, 0.25) is 0 Å². The van der Waals surface area contributed by atoms with Crippen LogP contribution in [0.25, 0.3) is 0 Å². The van der Waals surface area contributed by atoms with Gasteiger partial charge >= 0.3 is 0 Å². The smallest absolute Gasteiger partial charge is 0.0764 e. The summed E-state index contributed by atoms with van der Waals surface area (Å²) in [6.45, 7) is 6.91. The van der Waals surface area contributed by atoms with Crippen molar-refractivity contribution in [3.63, 3.8) is 0 Å². The fourth-order valence-corrected chi connectivity index (χ4v) is 0.879. The summed E-state index contributed by atoms with van der Waals surface area (Å²) in [5, 5.41) is 6.99. The van der Waals surface area contributed by atoms with Gasteiger partial charge in [0.25, 0.3) is 0 Å². The van der Waals surface area contributed by atoms with Gasteiger partial charge in [-0.3, -0.25) is 5.10 Å². The molecule has 0 aliphatic heterocycles. The largest absolute Gasteiger partial charge is 0.304 e. The molecule has 0 saturated carbocycles. The van der Waals surface area contributed by atoms with Crippen LogP contribution in [0.1, 0.15) is 25.2 Å². The molecule has 0 saturated heterocycles. The van der Waals surface area contributed by atoms with Gasteiger partial charge in [-0.15, -0.1) is 0 Å². The van der Waals surface area contributed by atoms with Crippen molar-refractivity contribution in [2.45, 2.75) is 27.3 Å². The maximum Gasteiger partial charge on any atom is 0.0764 e. The van der Waals surface area contributed by atoms with Crippen LogP contribution in [0.15, 0.2) is 6.07 Å². The molecular weight excluding hydrogens is 150 g/mol. The molecule has 1 rings (SSSR count). The molecular formula is C9H19N3. The van der Waals surface area contributed by atoms with Crippen LogP contribution in [0.2, 0.25) is 0 Å². The summed E-state index contributed by atoms with van der Waals surface area (Å²) in [5.41, 5.74) is 2.22. The van der Waals surface area contributed by atoms with E-state index in [9.17, 15) is 0 Å². The van der Waals surface area contributed by atoms with Crippen LogP contribution in [-0.2, 0) is 6.54 Å². The van der Waals surface area contributed by atoms with Crippen molar-refractivity contribution in [1.29, 1.82) is 0 Å². The summed E-state index contributed by atoms with van der Waals surface area (Å²) >= 11 is 0. The number of H-pyrrole nitrogens is 1. The van der Waals surface area contributed by atoms with Crippen LogP contribution < -0.4 is 0 Å². The number of aromatic nitrogens is 2. The summed E-state index contributed by atoms with van der Waals surface area (Å²) < 4.78 is 0. The summed E-state index contributed by atoms with van der Waals surface area (Å²) in [5.74, 6) is 0. The molecule has 3 heteroatoms. The zero-order valence-corrected chi connectivity index (χ0v) is 8.68. The van der Waals surface area contributed by atoms with E-state index in [-0.39, 0.29) is 0 Å². The second kappa shape index (κ2) is 5.77. The minimum absolute atomic E-state index is 0.907. The summed E-state index contributed by atoms with van der Waals surface area (Å²) in [7, 11) is 4.06. The maximum atomic E-state index is 4.09. The topological polar surface area (TPSA) is 31.9 Å². The molecule has 0 aliphatic carbocycles. The number of nitrogens with zero attached hydrogens (tertiary/aromatic N) is 2. The molecule has 0 bridgehead atoms. The number of hydrogen-bond acceptors (Lipinski definition) is 2. The summed E-state index contributed by atoms with van der Waals surface area (Å²) in [6.07, 6.45) is 0. The van der Waals surface area contributed by atoms with Crippen LogP contribution in [-0.4, -0.2) is 29.2 Å². The van der Waals surface area contributed by atoms with Gasteiger partial charge in [-0.2, -0.15) is 5.10 Å². The SMILES string of the molecule is CC.Cc1cc(CN(C)C)n[nH]1. The van der Waals surface area contributed by atoms with E-state index in [0.717, 1.165) is 17.9 Å². The lowest BCUT2D eigenvalue weighted by Crippen LogP contribution is -2.10. The molecule has 0 aromatic carbocycles. The standard InChI is InChI=1S/C7H13N3.C2H6/c1-6-4-7(9-8-6)5-10(2)3;1-2/h4H,5H2,1-3H3,(H,8,9);1-2H3. The van der Waals surface area contributed by atoms with E-state index < -0.39 is 0 Å². The van der Waals surface area contributed by atoms with Gasteiger partial charge in [0.05, 0.1) is 5.69 Å². The molecule has 3 nitrogen and oxygen atoms in total. The van der Waals surface area contributed by atoms with Gasteiger partial charge in [0, 0.05) is 12.2 Å². The second-order valence-electron chi connectivity index (χ2n) is 2.78. The Kier molecular flexibility index (Phi) is 5.37. The highest BCUT2D eigenvalue weighted by Crippen LogP contribution is 1.98. The molecule has 0 atom stereocenters. The minimum atomic E-state index is 0.907. The lowest BCUT2D eigenvalue weighted by molar-refractivity contribution is 0.396. The van der Waals surface area contributed by atoms with Crippen molar-refractivity contribution < 1.29 is 0 Å². The molecule has 0 amide bonds. The van der Waals surface area contributed by atoms with E-state index >= 15 is 0 Å². The first-order valence-corrected chi connectivity index (χ1v) is 4.34. The molecule has 70 valence electrons. The van der Waals surface area contributed by atoms with Crippen LogP contribution in [0.3, 0.4) is 0 Å². The third-order valence-corrected chi connectivity index (χ3v) is 1.24. The molecule has 0 radical (unpaired) electrons. The van der Waals surface area contributed by atoms with E-state index in [1.165, 1.54) is 0 Å². The summed E-state index contributed by atoms with van der Waals surface area (Å²) in [4.78, 5) is 2.09. The lowest BCUT2D eigenvalue weighted by atomic mass is 10.3. The first kappa shape index (κ1) is 11.2. The van der Waals surface area contributed by atoms with E-state index in [0.29, 0.717) is 0 Å². The quantitative estimate of drug-likeness (QED) is 0.732. The number of nitrogens with one attached hydrogen (secondary N) is 1. The fraction of sp³-hybridized carbons (Fsp3) is 0.667. The average Bonchev–Trinajstić information content (AvgIpc) is 2.39. The molecule has 0 unspecified atom stereocenters. The Morgan fingerprint density at radius 1 is 1.42 bits per heavy atom. The van der Waals surface area contributed by atoms with Gasteiger partial charge in [-0.05, 0) is 27.1 Å².